The van der Waals surface area contributed by atoms with Crippen LogP contribution in [-0.4, -0.2) is 41.2 Å². The molecule has 1 aliphatic rings. The SMILES string of the molecule is C=CCN1C(=O)/C(=C\c2ccc(OC)cc2)N=C1SCC(=O)c1ccc(Cl)cc1. The van der Waals surface area contributed by atoms with E-state index in [-0.39, 0.29) is 17.4 Å². The van der Waals surface area contributed by atoms with Crippen molar-refractivity contribution in [2.45, 2.75) is 0 Å². The van der Waals surface area contributed by atoms with E-state index in [1.54, 1.807) is 43.5 Å². The van der Waals surface area contributed by atoms with E-state index in [4.69, 9.17) is 16.3 Å². The summed E-state index contributed by atoms with van der Waals surface area (Å²) in [4.78, 5) is 31.1. The van der Waals surface area contributed by atoms with Crippen LogP contribution in [0.2, 0.25) is 5.02 Å². The van der Waals surface area contributed by atoms with Crippen LogP contribution >= 0.6 is 23.4 Å². The summed E-state index contributed by atoms with van der Waals surface area (Å²) in [6, 6.07) is 14.1. The van der Waals surface area contributed by atoms with E-state index >= 15 is 0 Å². The van der Waals surface area contributed by atoms with Gasteiger partial charge >= 0.3 is 0 Å². The van der Waals surface area contributed by atoms with Crippen molar-refractivity contribution in [1.82, 2.24) is 4.90 Å². The van der Waals surface area contributed by atoms with Crippen molar-refractivity contribution < 1.29 is 14.3 Å². The fourth-order valence-corrected chi connectivity index (χ4v) is 3.67. The maximum absolute atomic E-state index is 12.7. The van der Waals surface area contributed by atoms with Gasteiger partial charge in [0, 0.05) is 17.1 Å². The van der Waals surface area contributed by atoms with Crippen LogP contribution in [0.25, 0.3) is 6.08 Å². The molecule has 0 radical (unpaired) electrons. The second-order valence-electron chi connectivity index (χ2n) is 6.12. The van der Waals surface area contributed by atoms with Gasteiger partial charge in [-0.1, -0.05) is 41.6 Å². The van der Waals surface area contributed by atoms with Crippen molar-refractivity contribution in [3.05, 3.63) is 83.0 Å². The van der Waals surface area contributed by atoms with E-state index < -0.39 is 0 Å². The number of nitrogens with zero attached hydrogens (tertiary/aromatic N) is 2. The molecule has 2 aromatic carbocycles. The lowest BCUT2D eigenvalue weighted by Gasteiger charge is -2.15. The number of thioether (sulfide) groups is 1. The first kappa shape index (κ1) is 20.9. The quantitative estimate of drug-likeness (QED) is 0.366. The van der Waals surface area contributed by atoms with Gasteiger partial charge in [0.15, 0.2) is 11.0 Å². The number of methoxy groups -OCH3 is 1. The van der Waals surface area contributed by atoms with Crippen LogP contribution in [-0.2, 0) is 4.79 Å². The topological polar surface area (TPSA) is 59.0 Å². The fourth-order valence-electron chi connectivity index (χ4n) is 2.64. The second-order valence-corrected chi connectivity index (χ2v) is 7.50. The number of benzene rings is 2. The summed E-state index contributed by atoms with van der Waals surface area (Å²) in [5, 5.41) is 1.06. The number of rotatable bonds is 7. The number of carbonyl (C=O) groups excluding carboxylic acids is 2. The average Bonchev–Trinajstić information content (AvgIpc) is 3.02. The van der Waals surface area contributed by atoms with E-state index in [1.807, 2.05) is 24.3 Å². The molecule has 0 saturated carbocycles. The van der Waals surface area contributed by atoms with Crippen LogP contribution in [0.4, 0.5) is 0 Å². The Morgan fingerprint density at radius 3 is 2.52 bits per heavy atom. The molecule has 0 saturated heterocycles. The van der Waals surface area contributed by atoms with E-state index in [0.717, 1.165) is 11.3 Å². The van der Waals surface area contributed by atoms with E-state index in [1.165, 1.54) is 16.7 Å². The number of ketones is 1. The predicted molar refractivity (Wildman–Crippen MR) is 119 cm³/mol. The van der Waals surface area contributed by atoms with Crippen molar-refractivity contribution >= 4 is 46.3 Å². The number of amidine groups is 1. The molecule has 0 bridgehead atoms. The summed E-state index contributed by atoms with van der Waals surface area (Å²) < 4.78 is 5.15. The lowest BCUT2D eigenvalue weighted by molar-refractivity contribution is -0.122. The molecule has 29 heavy (non-hydrogen) atoms. The van der Waals surface area contributed by atoms with Crippen LogP contribution in [0, 0.1) is 0 Å². The molecule has 0 aliphatic carbocycles. The number of carbonyl (C=O) groups is 2. The number of hydrogen-bond donors (Lipinski definition) is 0. The molecule has 7 heteroatoms. The Hall–Kier alpha value is -2.83. The number of Topliss-reactive ketones (excluding diaryl/α,β-unsaturated/α-hetero) is 1. The molecule has 0 spiro atoms. The molecule has 0 N–H and O–H groups in total. The van der Waals surface area contributed by atoms with Gasteiger partial charge < -0.3 is 4.74 Å². The molecule has 0 unspecified atom stereocenters. The molecule has 1 heterocycles. The maximum Gasteiger partial charge on any atom is 0.278 e. The highest BCUT2D eigenvalue weighted by Crippen LogP contribution is 2.25. The van der Waals surface area contributed by atoms with E-state index in [0.29, 0.717) is 28.0 Å². The lowest BCUT2D eigenvalue weighted by Crippen LogP contribution is -2.31. The van der Waals surface area contributed by atoms with Crippen LogP contribution in [0.5, 0.6) is 5.75 Å². The molecule has 3 rings (SSSR count). The number of ether oxygens (including phenoxy) is 1. The van der Waals surface area contributed by atoms with Crippen LogP contribution in [0.1, 0.15) is 15.9 Å². The van der Waals surface area contributed by atoms with E-state index in [9.17, 15) is 9.59 Å². The number of aliphatic imine (C=N–C) groups is 1. The van der Waals surface area contributed by atoms with Gasteiger partial charge in [-0.3, -0.25) is 14.5 Å². The first-order valence-electron chi connectivity index (χ1n) is 8.80. The predicted octanol–water partition coefficient (Wildman–Crippen LogP) is 4.69. The third kappa shape index (κ3) is 5.16. The van der Waals surface area contributed by atoms with Crippen molar-refractivity contribution in [3.63, 3.8) is 0 Å². The summed E-state index contributed by atoms with van der Waals surface area (Å²) in [5.74, 6) is 0.616. The highest BCUT2D eigenvalue weighted by Gasteiger charge is 2.30. The number of amides is 1. The Labute approximate surface area is 178 Å². The Kier molecular flexibility index (Phi) is 6.90. The minimum Gasteiger partial charge on any atom is -0.497 e. The van der Waals surface area contributed by atoms with Crippen molar-refractivity contribution in [3.8, 4) is 5.75 Å². The molecular weight excluding hydrogens is 408 g/mol. The van der Waals surface area contributed by atoms with Crippen molar-refractivity contribution in [2.24, 2.45) is 4.99 Å². The first-order chi connectivity index (χ1) is 14.0. The smallest absolute Gasteiger partial charge is 0.278 e. The summed E-state index contributed by atoms with van der Waals surface area (Å²) in [6.07, 6.45) is 3.34. The Morgan fingerprint density at radius 2 is 1.90 bits per heavy atom. The fraction of sp³-hybridized carbons (Fsp3) is 0.136. The highest BCUT2D eigenvalue weighted by molar-refractivity contribution is 8.14. The molecule has 2 aromatic rings. The van der Waals surface area contributed by atoms with Crippen LogP contribution in [0.3, 0.4) is 0 Å². The largest absolute Gasteiger partial charge is 0.497 e. The maximum atomic E-state index is 12.7. The summed E-state index contributed by atoms with van der Waals surface area (Å²) in [6.45, 7) is 4.02. The monoisotopic (exact) mass is 426 g/mol. The normalized spacial score (nSPS) is 14.8. The first-order valence-corrected chi connectivity index (χ1v) is 10.2. The molecule has 0 atom stereocenters. The Morgan fingerprint density at radius 1 is 1.21 bits per heavy atom. The average molecular weight is 427 g/mol. The van der Waals surface area contributed by atoms with Gasteiger partial charge in [-0.2, -0.15) is 0 Å². The zero-order chi connectivity index (χ0) is 20.8. The van der Waals surface area contributed by atoms with Gasteiger partial charge in [0.2, 0.25) is 0 Å². The van der Waals surface area contributed by atoms with Gasteiger partial charge in [-0.25, -0.2) is 4.99 Å². The zero-order valence-corrected chi connectivity index (χ0v) is 17.4. The van der Waals surface area contributed by atoms with Gasteiger partial charge in [0.25, 0.3) is 5.91 Å². The van der Waals surface area contributed by atoms with Gasteiger partial charge in [0.05, 0.1) is 12.9 Å². The molecule has 5 nitrogen and oxygen atoms in total. The van der Waals surface area contributed by atoms with Crippen LogP contribution < -0.4 is 4.74 Å². The van der Waals surface area contributed by atoms with Gasteiger partial charge in [-0.15, -0.1) is 6.58 Å². The third-order valence-corrected chi connectivity index (χ3v) is 5.37. The Balaban J connectivity index is 1.77. The van der Waals surface area contributed by atoms with Crippen LogP contribution in [0.15, 0.2) is 71.9 Å². The van der Waals surface area contributed by atoms with Crippen molar-refractivity contribution in [1.29, 1.82) is 0 Å². The van der Waals surface area contributed by atoms with Gasteiger partial charge in [-0.05, 0) is 48.0 Å². The van der Waals surface area contributed by atoms with E-state index in [2.05, 4.69) is 11.6 Å². The Bertz CT molecular complexity index is 982. The zero-order valence-electron chi connectivity index (χ0n) is 15.8. The molecule has 0 fully saturated rings. The minimum atomic E-state index is -0.220. The summed E-state index contributed by atoms with van der Waals surface area (Å²) in [7, 11) is 1.60. The lowest BCUT2D eigenvalue weighted by atomic mass is 10.1. The van der Waals surface area contributed by atoms with Crippen molar-refractivity contribution in [2.75, 3.05) is 19.4 Å². The standard InChI is InChI=1S/C22H19ClN2O3S/c1-3-12-25-21(27)19(13-15-4-10-18(28-2)11-5-15)24-22(25)29-14-20(26)16-6-8-17(23)9-7-16/h3-11,13H,1,12,14H2,2H3/b19-13+. The second kappa shape index (κ2) is 9.58. The number of halogens is 1. The molecule has 1 aliphatic heterocycles. The highest BCUT2D eigenvalue weighted by atomic mass is 35.5. The summed E-state index contributed by atoms with van der Waals surface area (Å²) in [5.41, 5.74) is 1.72. The van der Waals surface area contributed by atoms with Gasteiger partial charge in [0.1, 0.15) is 11.4 Å². The number of hydrogen-bond acceptors (Lipinski definition) is 5. The third-order valence-electron chi connectivity index (χ3n) is 4.14. The molecular formula is C22H19ClN2O3S. The molecule has 148 valence electrons. The molecule has 0 aromatic heterocycles. The minimum absolute atomic E-state index is 0.0621. The summed E-state index contributed by atoms with van der Waals surface area (Å²) >= 11 is 7.09. The molecule has 1 amide bonds.